The van der Waals surface area contributed by atoms with E-state index in [-0.39, 0.29) is 28.5 Å². The number of esters is 1. The van der Waals surface area contributed by atoms with Crippen LogP contribution in [0.15, 0.2) is 0 Å². The van der Waals surface area contributed by atoms with Crippen LogP contribution in [0.2, 0.25) is 0 Å². The molecule has 0 aromatic carbocycles. The van der Waals surface area contributed by atoms with E-state index in [1.54, 1.807) is 6.92 Å². The van der Waals surface area contributed by atoms with Crippen LogP contribution in [0.5, 0.6) is 0 Å². The lowest BCUT2D eigenvalue weighted by Crippen LogP contribution is -2.48. The lowest BCUT2D eigenvalue weighted by molar-refractivity contribution is -0.148. The van der Waals surface area contributed by atoms with E-state index in [0.29, 0.717) is 6.61 Å². The van der Waals surface area contributed by atoms with Crippen molar-refractivity contribution < 1.29 is 14.3 Å². The topological polar surface area (TPSA) is 55.4 Å². The summed E-state index contributed by atoms with van der Waals surface area (Å²) in [7, 11) is 0. The number of halogens is 1. The van der Waals surface area contributed by atoms with Crippen molar-refractivity contribution in [2.75, 3.05) is 6.61 Å². The third-order valence-electron chi connectivity index (χ3n) is 2.34. The van der Waals surface area contributed by atoms with Crippen molar-refractivity contribution >= 4 is 27.8 Å². The molecular formula is C12H22BrNO3. The molecule has 100 valence electrons. The second-order valence-corrected chi connectivity index (χ2v) is 5.61. The number of hydrogen-bond acceptors (Lipinski definition) is 3. The van der Waals surface area contributed by atoms with E-state index in [1.807, 2.05) is 27.7 Å². The molecule has 0 aliphatic heterocycles. The van der Waals surface area contributed by atoms with Gasteiger partial charge < -0.3 is 10.1 Å². The fourth-order valence-corrected chi connectivity index (χ4v) is 1.40. The number of hydrogen-bond donors (Lipinski definition) is 1. The van der Waals surface area contributed by atoms with Gasteiger partial charge in [-0.3, -0.25) is 4.79 Å². The highest BCUT2D eigenvalue weighted by Crippen LogP contribution is 2.13. The molecule has 0 saturated heterocycles. The Morgan fingerprint density at radius 3 is 2.06 bits per heavy atom. The minimum absolute atomic E-state index is 0.00450. The number of nitrogens with one attached hydrogen (secondary N) is 1. The Hall–Kier alpha value is -0.580. The highest BCUT2D eigenvalue weighted by atomic mass is 79.9. The van der Waals surface area contributed by atoms with E-state index in [9.17, 15) is 9.59 Å². The van der Waals surface area contributed by atoms with Crippen LogP contribution in [-0.2, 0) is 14.3 Å². The molecule has 2 unspecified atom stereocenters. The Bertz CT molecular complexity index is 266. The molecule has 0 aromatic heterocycles. The molecule has 17 heavy (non-hydrogen) atoms. The molecule has 0 rings (SSSR count). The minimum Gasteiger partial charge on any atom is -0.464 e. The standard InChI is InChI=1S/C12H22BrNO3/c1-6-17-12(16)10(8(4)5)14-11(15)9(13)7(2)3/h7-10H,6H2,1-5H3,(H,14,15). The molecule has 0 fully saturated rings. The lowest BCUT2D eigenvalue weighted by Gasteiger charge is -2.23. The number of rotatable bonds is 6. The van der Waals surface area contributed by atoms with Crippen LogP contribution in [0.1, 0.15) is 34.6 Å². The lowest BCUT2D eigenvalue weighted by atomic mass is 10.0. The normalized spacial score (nSPS) is 14.6. The van der Waals surface area contributed by atoms with Gasteiger partial charge in [0.05, 0.1) is 11.4 Å². The van der Waals surface area contributed by atoms with Gasteiger partial charge in [0.1, 0.15) is 6.04 Å². The number of alkyl halides is 1. The molecule has 0 aliphatic carbocycles. The van der Waals surface area contributed by atoms with Gasteiger partial charge in [-0.25, -0.2) is 4.79 Å². The van der Waals surface area contributed by atoms with Crippen molar-refractivity contribution in [1.29, 1.82) is 0 Å². The summed E-state index contributed by atoms with van der Waals surface area (Å²) in [6, 6.07) is -0.582. The Balaban J connectivity index is 4.55. The predicted molar refractivity (Wildman–Crippen MR) is 71.0 cm³/mol. The van der Waals surface area contributed by atoms with Gasteiger partial charge in [-0.1, -0.05) is 43.6 Å². The van der Waals surface area contributed by atoms with Gasteiger partial charge >= 0.3 is 5.97 Å². The molecule has 0 aromatic rings. The summed E-state index contributed by atoms with van der Waals surface area (Å²) < 4.78 is 4.94. The predicted octanol–water partition coefficient (Wildman–Crippen LogP) is 2.11. The average molecular weight is 308 g/mol. The zero-order valence-corrected chi connectivity index (χ0v) is 12.7. The molecule has 0 aliphatic rings. The number of amides is 1. The van der Waals surface area contributed by atoms with Crippen LogP contribution in [-0.4, -0.2) is 29.4 Å². The van der Waals surface area contributed by atoms with Crippen molar-refractivity contribution in [3.63, 3.8) is 0 Å². The summed E-state index contributed by atoms with van der Waals surface area (Å²) in [5.41, 5.74) is 0. The molecule has 1 amide bonds. The highest BCUT2D eigenvalue weighted by molar-refractivity contribution is 9.10. The summed E-state index contributed by atoms with van der Waals surface area (Å²) in [6.07, 6.45) is 0. The second kappa shape index (κ2) is 7.69. The molecule has 0 saturated carbocycles. The minimum atomic E-state index is -0.582. The first-order chi connectivity index (χ1) is 7.81. The van der Waals surface area contributed by atoms with E-state index < -0.39 is 6.04 Å². The number of ether oxygens (including phenoxy) is 1. The van der Waals surface area contributed by atoms with Crippen LogP contribution < -0.4 is 5.32 Å². The maximum Gasteiger partial charge on any atom is 0.328 e. The van der Waals surface area contributed by atoms with Gasteiger partial charge in [-0.2, -0.15) is 0 Å². The SMILES string of the molecule is CCOC(=O)C(NC(=O)C(Br)C(C)C)C(C)C. The largest absolute Gasteiger partial charge is 0.464 e. The van der Waals surface area contributed by atoms with Gasteiger partial charge in [0.25, 0.3) is 0 Å². The van der Waals surface area contributed by atoms with E-state index >= 15 is 0 Å². The monoisotopic (exact) mass is 307 g/mol. The van der Waals surface area contributed by atoms with E-state index in [2.05, 4.69) is 21.2 Å². The van der Waals surface area contributed by atoms with Gasteiger partial charge in [-0.15, -0.1) is 0 Å². The zero-order chi connectivity index (χ0) is 13.6. The van der Waals surface area contributed by atoms with E-state index in [1.165, 1.54) is 0 Å². The molecule has 0 radical (unpaired) electrons. The Morgan fingerprint density at radius 2 is 1.71 bits per heavy atom. The van der Waals surface area contributed by atoms with Crippen LogP contribution in [0.25, 0.3) is 0 Å². The second-order valence-electron chi connectivity index (χ2n) is 4.63. The summed E-state index contributed by atoms with van der Waals surface area (Å²) in [4.78, 5) is 23.2. The van der Waals surface area contributed by atoms with Crippen LogP contribution in [0.4, 0.5) is 0 Å². The van der Waals surface area contributed by atoms with Gasteiger partial charge in [0.15, 0.2) is 0 Å². The molecule has 2 atom stereocenters. The Kier molecular flexibility index (Phi) is 7.43. The third-order valence-corrected chi connectivity index (χ3v) is 3.81. The molecule has 1 N–H and O–H groups in total. The number of carbonyl (C=O) groups is 2. The molecule has 0 bridgehead atoms. The highest BCUT2D eigenvalue weighted by Gasteiger charge is 2.28. The first-order valence-electron chi connectivity index (χ1n) is 5.92. The van der Waals surface area contributed by atoms with Crippen LogP contribution >= 0.6 is 15.9 Å². The van der Waals surface area contributed by atoms with Crippen LogP contribution in [0, 0.1) is 11.8 Å². The van der Waals surface area contributed by atoms with Gasteiger partial charge in [0, 0.05) is 0 Å². The van der Waals surface area contributed by atoms with Crippen molar-refractivity contribution in [2.24, 2.45) is 11.8 Å². The maximum absolute atomic E-state index is 11.8. The van der Waals surface area contributed by atoms with E-state index in [4.69, 9.17) is 4.74 Å². The van der Waals surface area contributed by atoms with Crippen molar-refractivity contribution in [1.82, 2.24) is 5.32 Å². The molecule has 5 heteroatoms. The van der Waals surface area contributed by atoms with Crippen LogP contribution in [0.3, 0.4) is 0 Å². The number of carbonyl (C=O) groups excluding carboxylic acids is 2. The Labute approximate surface area is 112 Å². The van der Waals surface area contributed by atoms with E-state index in [0.717, 1.165) is 0 Å². The molecule has 4 nitrogen and oxygen atoms in total. The average Bonchev–Trinajstić information content (AvgIpc) is 2.23. The fourth-order valence-electron chi connectivity index (χ4n) is 1.27. The van der Waals surface area contributed by atoms with Gasteiger partial charge in [-0.05, 0) is 18.8 Å². The zero-order valence-electron chi connectivity index (χ0n) is 11.1. The smallest absolute Gasteiger partial charge is 0.328 e. The molecular weight excluding hydrogens is 286 g/mol. The molecule has 0 heterocycles. The summed E-state index contributed by atoms with van der Waals surface area (Å²) >= 11 is 3.31. The van der Waals surface area contributed by atoms with Crippen molar-refractivity contribution in [2.45, 2.75) is 45.5 Å². The Morgan fingerprint density at radius 1 is 1.18 bits per heavy atom. The maximum atomic E-state index is 11.8. The third kappa shape index (κ3) is 5.52. The first-order valence-corrected chi connectivity index (χ1v) is 6.83. The van der Waals surface area contributed by atoms with Gasteiger partial charge in [0.2, 0.25) is 5.91 Å². The summed E-state index contributed by atoms with van der Waals surface area (Å²) in [5, 5.41) is 2.72. The summed E-state index contributed by atoms with van der Waals surface area (Å²) in [6.45, 7) is 9.70. The van der Waals surface area contributed by atoms with Crippen molar-refractivity contribution in [3.8, 4) is 0 Å². The summed E-state index contributed by atoms with van der Waals surface area (Å²) in [5.74, 6) is -0.374. The molecule has 0 spiro atoms. The quantitative estimate of drug-likeness (QED) is 0.604. The van der Waals surface area contributed by atoms with Crippen molar-refractivity contribution in [3.05, 3.63) is 0 Å². The fraction of sp³-hybridized carbons (Fsp3) is 0.833. The first kappa shape index (κ1) is 16.4.